The van der Waals surface area contributed by atoms with Gasteiger partial charge in [-0.15, -0.1) is 0 Å². The van der Waals surface area contributed by atoms with Crippen molar-refractivity contribution in [3.8, 4) is 6.07 Å². The number of hydrogen-bond donors (Lipinski definition) is 1. The second kappa shape index (κ2) is 5.70. The van der Waals surface area contributed by atoms with Crippen LogP contribution in [0.2, 0.25) is 0 Å². The first-order valence-electron chi connectivity index (χ1n) is 5.87. The van der Waals surface area contributed by atoms with Gasteiger partial charge in [-0.2, -0.15) is 5.26 Å². The number of para-hydroxylation sites is 1. The minimum absolute atomic E-state index is 0.232. The van der Waals surface area contributed by atoms with Gasteiger partial charge in [0.25, 0.3) is 0 Å². The third kappa shape index (κ3) is 3.76. The predicted molar refractivity (Wildman–Crippen MR) is 70.1 cm³/mol. The smallest absolute Gasteiger partial charge is 0.101 e. The van der Waals surface area contributed by atoms with Crippen LogP contribution in [0.5, 0.6) is 0 Å². The lowest BCUT2D eigenvalue weighted by atomic mass is 10.1. The van der Waals surface area contributed by atoms with Crippen LogP contribution in [0.25, 0.3) is 0 Å². The average Bonchev–Trinajstić information content (AvgIpc) is 2.27. The van der Waals surface area contributed by atoms with E-state index < -0.39 is 0 Å². The highest BCUT2D eigenvalue weighted by molar-refractivity contribution is 5.62. The third-order valence-electron chi connectivity index (χ3n) is 2.62. The van der Waals surface area contributed by atoms with Crippen LogP contribution >= 0.6 is 0 Å². The van der Waals surface area contributed by atoms with Crippen LogP contribution < -0.4 is 5.32 Å². The Kier molecular flexibility index (Phi) is 4.53. The molecule has 0 saturated heterocycles. The summed E-state index contributed by atoms with van der Waals surface area (Å²) in [6.07, 6.45) is 0. The van der Waals surface area contributed by atoms with E-state index in [2.05, 4.69) is 11.4 Å². The number of hydrogen-bond acceptors (Lipinski definition) is 3. The molecule has 1 aromatic rings. The zero-order valence-electron chi connectivity index (χ0n) is 11.0. The molecule has 0 aliphatic rings. The van der Waals surface area contributed by atoms with Crippen LogP contribution in [0.4, 0.5) is 5.69 Å². The third-order valence-corrected chi connectivity index (χ3v) is 2.62. The maximum atomic E-state index is 9.05. The van der Waals surface area contributed by atoms with E-state index >= 15 is 0 Å². The van der Waals surface area contributed by atoms with Gasteiger partial charge < -0.3 is 10.1 Å². The zero-order valence-corrected chi connectivity index (χ0v) is 11.0. The summed E-state index contributed by atoms with van der Waals surface area (Å²) in [6.45, 7) is 9.42. The normalized spacial score (nSPS) is 11.0. The fourth-order valence-corrected chi connectivity index (χ4v) is 1.74. The van der Waals surface area contributed by atoms with E-state index in [1.54, 1.807) is 0 Å². The van der Waals surface area contributed by atoms with Gasteiger partial charge in [0.05, 0.1) is 16.9 Å². The minimum atomic E-state index is -0.232. The zero-order chi connectivity index (χ0) is 12.9. The highest BCUT2D eigenvalue weighted by atomic mass is 16.5. The molecule has 0 unspecified atom stereocenters. The van der Waals surface area contributed by atoms with Gasteiger partial charge in [0, 0.05) is 13.2 Å². The Labute approximate surface area is 103 Å². The first-order chi connectivity index (χ1) is 8.00. The first kappa shape index (κ1) is 13.5. The summed E-state index contributed by atoms with van der Waals surface area (Å²) in [5.74, 6) is 0. The van der Waals surface area contributed by atoms with Crippen molar-refractivity contribution < 1.29 is 4.74 Å². The molecule has 0 atom stereocenters. The summed E-state index contributed by atoms with van der Waals surface area (Å²) in [5, 5.41) is 12.4. The van der Waals surface area contributed by atoms with Gasteiger partial charge in [-0.25, -0.2) is 0 Å². The van der Waals surface area contributed by atoms with Crippen LogP contribution in [0, 0.1) is 18.3 Å². The van der Waals surface area contributed by atoms with Crippen LogP contribution in [0.1, 0.15) is 31.9 Å². The minimum Gasteiger partial charge on any atom is -0.381 e. The monoisotopic (exact) mass is 232 g/mol. The summed E-state index contributed by atoms with van der Waals surface area (Å²) in [4.78, 5) is 0. The van der Waals surface area contributed by atoms with E-state index in [-0.39, 0.29) is 5.60 Å². The number of anilines is 1. The van der Waals surface area contributed by atoms with E-state index in [0.29, 0.717) is 18.7 Å². The lowest BCUT2D eigenvalue weighted by Crippen LogP contribution is -2.33. The molecule has 17 heavy (non-hydrogen) atoms. The fraction of sp³-hybridized carbons (Fsp3) is 0.500. The molecule has 0 aliphatic carbocycles. The van der Waals surface area contributed by atoms with E-state index in [1.807, 2.05) is 45.9 Å². The van der Waals surface area contributed by atoms with Crippen LogP contribution in [-0.4, -0.2) is 18.8 Å². The quantitative estimate of drug-likeness (QED) is 0.848. The van der Waals surface area contributed by atoms with Gasteiger partial charge in [0.2, 0.25) is 0 Å². The topological polar surface area (TPSA) is 45.0 Å². The molecule has 0 aromatic heterocycles. The summed E-state index contributed by atoms with van der Waals surface area (Å²) < 4.78 is 5.62. The number of nitrogens with zero attached hydrogens (tertiary/aromatic N) is 1. The van der Waals surface area contributed by atoms with E-state index in [4.69, 9.17) is 10.00 Å². The Balaban J connectivity index is 2.79. The Bertz CT molecular complexity index is 419. The first-order valence-corrected chi connectivity index (χ1v) is 5.87. The van der Waals surface area contributed by atoms with Crippen molar-refractivity contribution >= 4 is 5.69 Å². The van der Waals surface area contributed by atoms with Crippen LogP contribution in [-0.2, 0) is 4.74 Å². The van der Waals surface area contributed by atoms with Gasteiger partial charge in [-0.05, 0) is 39.3 Å². The number of rotatable bonds is 5. The van der Waals surface area contributed by atoms with Gasteiger partial charge in [-0.1, -0.05) is 12.1 Å². The summed E-state index contributed by atoms with van der Waals surface area (Å²) in [7, 11) is 0. The molecule has 1 N–H and O–H groups in total. The predicted octanol–water partition coefficient (Wildman–Crippen LogP) is 3.09. The van der Waals surface area contributed by atoms with Crippen molar-refractivity contribution in [3.63, 3.8) is 0 Å². The van der Waals surface area contributed by atoms with Crippen molar-refractivity contribution in [1.29, 1.82) is 5.26 Å². The van der Waals surface area contributed by atoms with Crippen molar-refractivity contribution in [3.05, 3.63) is 29.3 Å². The maximum Gasteiger partial charge on any atom is 0.101 e. The molecular weight excluding hydrogens is 212 g/mol. The molecule has 3 heteroatoms. The largest absolute Gasteiger partial charge is 0.381 e. The molecule has 0 radical (unpaired) electrons. The molecule has 0 aliphatic heterocycles. The fourth-order valence-electron chi connectivity index (χ4n) is 1.74. The van der Waals surface area contributed by atoms with E-state index in [1.165, 1.54) is 0 Å². The summed E-state index contributed by atoms with van der Waals surface area (Å²) in [5.41, 5.74) is 2.43. The molecule has 0 spiro atoms. The average molecular weight is 232 g/mol. The summed E-state index contributed by atoms with van der Waals surface area (Å²) in [6, 6.07) is 7.92. The van der Waals surface area contributed by atoms with Crippen LogP contribution in [0.3, 0.4) is 0 Å². The SMILES string of the molecule is CCOC(C)(C)CNc1c(C)cccc1C#N. The van der Waals surface area contributed by atoms with Crippen molar-refractivity contribution in [2.45, 2.75) is 33.3 Å². The van der Waals surface area contributed by atoms with Crippen molar-refractivity contribution in [2.24, 2.45) is 0 Å². The van der Waals surface area contributed by atoms with E-state index in [9.17, 15) is 0 Å². The Morgan fingerprint density at radius 2 is 2.12 bits per heavy atom. The number of nitriles is 1. The molecule has 0 saturated carbocycles. The highest BCUT2D eigenvalue weighted by Crippen LogP contribution is 2.21. The Morgan fingerprint density at radius 1 is 1.41 bits per heavy atom. The van der Waals surface area contributed by atoms with Gasteiger partial charge >= 0.3 is 0 Å². The molecule has 0 bridgehead atoms. The number of benzene rings is 1. The second-order valence-electron chi connectivity index (χ2n) is 4.66. The standard InChI is InChI=1S/C14H20N2O/c1-5-17-14(3,4)10-16-13-11(2)7-6-8-12(13)9-15/h6-8,16H,5,10H2,1-4H3. The Morgan fingerprint density at radius 3 is 2.71 bits per heavy atom. The number of aryl methyl sites for hydroxylation is 1. The maximum absolute atomic E-state index is 9.05. The van der Waals surface area contributed by atoms with Crippen molar-refractivity contribution in [2.75, 3.05) is 18.5 Å². The molecule has 1 aromatic carbocycles. The molecule has 0 fully saturated rings. The van der Waals surface area contributed by atoms with Gasteiger partial charge in [0.1, 0.15) is 6.07 Å². The van der Waals surface area contributed by atoms with Crippen LogP contribution in [0.15, 0.2) is 18.2 Å². The molecule has 0 heterocycles. The summed E-state index contributed by atoms with van der Waals surface area (Å²) >= 11 is 0. The Hall–Kier alpha value is -1.53. The van der Waals surface area contributed by atoms with Gasteiger partial charge in [0.15, 0.2) is 0 Å². The number of nitrogens with one attached hydrogen (secondary N) is 1. The van der Waals surface area contributed by atoms with Crippen molar-refractivity contribution in [1.82, 2.24) is 0 Å². The van der Waals surface area contributed by atoms with Gasteiger partial charge in [-0.3, -0.25) is 0 Å². The van der Waals surface area contributed by atoms with E-state index in [0.717, 1.165) is 11.3 Å². The molecule has 0 amide bonds. The lowest BCUT2D eigenvalue weighted by Gasteiger charge is -2.26. The number of ether oxygens (including phenoxy) is 1. The molecule has 3 nitrogen and oxygen atoms in total. The molecular formula is C14H20N2O. The second-order valence-corrected chi connectivity index (χ2v) is 4.66. The molecule has 92 valence electrons. The molecule has 1 rings (SSSR count). The highest BCUT2D eigenvalue weighted by Gasteiger charge is 2.18. The lowest BCUT2D eigenvalue weighted by molar-refractivity contribution is 0.000691.